The number of hydrogen-bond donors (Lipinski definition) is 2. The van der Waals surface area contributed by atoms with Crippen molar-refractivity contribution < 1.29 is 26.7 Å². The smallest absolute Gasteiger partial charge is 0.458 e. The molecule has 0 aliphatic carbocycles. The Kier molecular flexibility index (Phi) is 3.77. The molecule has 3 nitrogen and oxygen atoms in total. The Morgan fingerprint density at radius 3 is 2.45 bits per heavy atom. The van der Waals surface area contributed by atoms with E-state index in [0.29, 0.717) is 19.0 Å². The van der Waals surface area contributed by atoms with Gasteiger partial charge in [-0.15, -0.1) is 0 Å². The van der Waals surface area contributed by atoms with Crippen molar-refractivity contribution in [1.29, 1.82) is 0 Å². The number of nitrogens with one attached hydrogen (secondary N) is 1. The fourth-order valence-corrected chi connectivity index (χ4v) is 1.95. The monoisotopic (exact) mass is 296 g/mol. The van der Waals surface area contributed by atoms with E-state index in [4.69, 9.17) is 10.5 Å². The first-order valence-corrected chi connectivity index (χ1v) is 5.96. The molecule has 0 unspecified atom stereocenters. The molecular weight excluding hydrogens is 283 g/mol. The number of rotatable bonds is 3. The largest absolute Gasteiger partial charge is 0.475 e. The molecular formula is C12H13F5N2O. The number of benzene rings is 1. The molecule has 3 N–H and O–H groups in total. The highest BCUT2D eigenvalue weighted by molar-refractivity contribution is 5.50. The van der Waals surface area contributed by atoms with E-state index in [-0.39, 0.29) is 5.69 Å². The Morgan fingerprint density at radius 1 is 1.20 bits per heavy atom. The second-order valence-electron chi connectivity index (χ2n) is 4.53. The lowest BCUT2D eigenvalue weighted by molar-refractivity contribution is -0.289. The van der Waals surface area contributed by atoms with E-state index >= 15 is 0 Å². The van der Waals surface area contributed by atoms with Crippen LogP contribution in [-0.2, 0) is 5.92 Å². The van der Waals surface area contributed by atoms with Gasteiger partial charge in [0.15, 0.2) is 0 Å². The summed E-state index contributed by atoms with van der Waals surface area (Å²) in [5, 5.41) is 2.85. The van der Waals surface area contributed by atoms with E-state index in [0.717, 1.165) is 18.6 Å². The highest BCUT2D eigenvalue weighted by atomic mass is 19.4. The SMILES string of the molecule is Nc1ccc(C(F)(F)C(F)(F)F)c(O[C@@H]2CCCN2)c1. The molecule has 1 heterocycles. The van der Waals surface area contributed by atoms with Crippen molar-refractivity contribution >= 4 is 5.69 Å². The molecule has 1 fully saturated rings. The van der Waals surface area contributed by atoms with Gasteiger partial charge < -0.3 is 10.5 Å². The van der Waals surface area contributed by atoms with Crippen LogP contribution in [0.5, 0.6) is 5.75 Å². The highest BCUT2D eigenvalue weighted by Gasteiger charge is 2.60. The molecule has 1 aliphatic heterocycles. The van der Waals surface area contributed by atoms with Gasteiger partial charge in [-0.25, -0.2) is 0 Å². The van der Waals surface area contributed by atoms with Crippen LogP contribution in [0, 0.1) is 0 Å². The minimum atomic E-state index is -5.69. The summed E-state index contributed by atoms with van der Waals surface area (Å²) in [5.74, 6) is -5.54. The molecule has 8 heteroatoms. The maximum Gasteiger partial charge on any atom is 0.458 e. The van der Waals surface area contributed by atoms with E-state index in [1.807, 2.05) is 0 Å². The van der Waals surface area contributed by atoms with Crippen LogP contribution in [0.1, 0.15) is 18.4 Å². The first-order chi connectivity index (χ1) is 9.22. The maximum absolute atomic E-state index is 13.5. The summed E-state index contributed by atoms with van der Waals surface area (Å²) in [4.78, 5) is 0. The number of nitrogens with two attached hydrogens (primary N) is 1. The Balaban J connectivity index is 2.37. The molecule has 0 amide bonds. The van der Waals surface area contributed by atoms with Crippen LogP contribution in [0.15, 0.2) is 18.2 Å². The first kappa shape index (κ1) is 14.8. The van der Waals surface area contributed by atoms with Gasteiger partial charge in [0.05, 0.1) is 5.56 Å². The van der Waals surface area contributed by atoms with Crippen LogP contribution in [0.4, 0.5) is 27.6 Å². The predicted molar refractivity (Wildman–Crippen MR) is 62.5 cm³/mol. The van der Waals surface area contributed by atoms with Crippen molar-refractivity contribution in [2.24, 2.45) is 0 Å². The number of halogens is 5. The number of hydrogen-bond acceptors (Lipinski definition) is 3. The topological polar surface area (TPSA) is 47.3 Å². The van der Waals surface area contributed by atoms with Crippen LogP contribution < -0.4 is 15.8 Å². The summed E-state index contributed by atoms with van der Waals surface area (Å²) < 4.78 is 69.5. The molecule has 1 saturated heterocycles. The Hall–Kier alpha value is -1.57. The molecule has 1 aromatic rings. The van der Waals surface area contributed by atoms with Crippen LogP contribution >= 0.6 is 0 Å². The zero-order valence-corrected chi connectivity index (χ0v) is 10.3. The van der Waals surface area contributed by atoms with E-state index < -0.39 is 29.6 Å². The molecule has 1 atom stereocenters. The molecule has 0 aromatic heterocycles. The van der Waals surface area contributed by atoms with Gasteiger partial charge in [-0.05, 0) is 31.5 Å². The molecule has 0 saturated carbocycles. The summed E-state index contributed by atoms with van der Waals surface area (Å²) in [5.41, 5.74) is 4.25. The number of nitrogen functional groups attached to an aromatic ring is 1. The van der Waals surface area contributed by atoms with Gasteiger partial charge >= 0.3 is 12.1 Å². The van der Waals surface area contributed by atoms with Gasteiger partial charge in [-0.1, -0.05) is 0 Å². The zero-order valence-electron chi connectivity index (χ0n) is 10.3. The Bertz CT molecular complexity index is 483. The summed E-state index contributed by atoms with van der Waals surface area (Å²) in [6.45, 7) is 0.623. The molecule has 1 aliphatic rings. The van der Waals surface area contributed by atoms with Crippen molar-refractivity contribution in [3.63, 3.8) is 0 Å². The van der Waals surface area contributed by atoms with E-state index in [1.54, 1.807) is 0 Å². The second-order valence-corrected chi connectivity index (χ2v) is 4.53. The van der Waals surface area contributed by atoms with Crippen LogP contribution in [0.3, 0.4) is 0 Å². The van der Waals surface area contributed by atoms with Crippen LogP contribution in [-0.4, -0.2) is 18.9 Å². The third-order valence-electron chi connectivity index (χ3n) is 2.98. The lowest BCUT2D eigenvalue weighted by atomic mass is 10.1. The standard InChI is InChI=1S/C12H13F5N2O/c13-11(14,12(15,16)17)8-4-3-7(18)6-9(8)20-10-2-1-5-19-10/h3-4,6,10,19H,1-2,5,18H2/t10-/m1/s1. The molecule has 112 valence electrons. The minimum Gasteiger partial charge on any atom is -0.475 e. The third kappa shape index (κ3) is 2.79. The van der Waals surface area contributed by atoms with Crippen molar-refractivity contribution in [1.82, 2.24) is 5.32 Å². The Morgan fingerprint density at radius 2 is 1.90 bits per heavy atom. The van der Waals surface area contributed by atoms with Gasteiger partial charge in [-0.3, -0.25) is 5.32 Å². The quantitative estimate of drug-likeness (QED) is 0.666. The van der Waals surface area contributed by atoms with Gasteiger partial charge in [-0.2, -0.15) is 22.0 Å². The van der Waals surface area contributed by atoms with Gasteiger partial charge in [0, 0.05) is 11.8 Å². The molecule has 2 rings (SSSR count). The fraction of sp³-hybridized carbons (Fsp3) is 0.500. The molecule has 0 spiro atoms. The maximum atomic E-state index is 13.5. The van der Waals surface area contributed by atoms with Crippen molar-refractivity contribution in [2.75, 3.05) is 12.3 Å². The molecule has 0 bridgehead atoms. The first-order valence-electron chi connectivity index (χ1n) is 5.96. The lowest BCUT2D eigenvalue weighted by Crippen LogP contribution is -2.35. The van der Waals surface area contributed by atoms with Gasteiger partial charge in [0.25, 0.3) is 0 Å². The summed E-state index contributed by atoms with van der Waals surface area (Å²) in [6, 6.07) is 2.62. The molecule has 20 heavy (non-hydrogen) atoms. The Labute approximate surface area is 111 Å². The van der Waals surface area contributed by atoms with Crippen molar-refractivity contribution in [2.45, 2.75) is 31.2 Å². The van der Waals surface area contributed by atoms with Crippen molar-refractivity contribution in [3.05, 3.63) is 23.8 Å². The fourth-order valence-electron chi connectivity index (χ4n) is 1.95. The summed E-state index contributed by atoms with van der Waals surface area (Å²) in [7, 11) is 0. The third-order valence-corrected chi connectivity index (χ3v) is 2.98. The number of ether oxygens (including phenoxy) is 1. The number of anilines is 1. The average molecular weight is 296 g/mol. The van der Waals surface area contributed by atoms with E-state index in [2.05, 4.69) is 5.32 Å². The predicted octanol–water partition coefficient (Wildman–Crippen LogP) is 3.01. The number of alkyl halides is 5. The van der Waals surface area contributed by atoms with Gasteiger partial charge in [0.2, 0.25) is 0 Å². The lowest BCUT2D eigenvalue weighted by Gasteiger charge is -2.24. The van der Waals surface area contributed by atoms with Crippen LogP contribution in [0.25, 0.3) is 0 Å². The normalized spacial score (nSPS) is 20.1. The average Bonchev–Trinajstić information content (AvgIpc) is 2.80. The highest BCUT2D eigenvalue weighted by Crippen LogP contribution is 2.47. The van der Waals surface area contributed by atoms with E-state index in [1.165, 1.54) is 0 Å². The van der Waals surface area contributed by atoms with E-state index in [9.17, 15) is 22.0 Å². The minimum absolute atomic E-state index is 0.0553. The summed E-state index contributed by atoms with van der Waals surface area (Å²) >= 11 is 0. The summed E-state index contributed by atoms with van der Waals surface area (Å²) in [6.07, 6.45) is -4.98. The van der Waals surface area contributed by atoms with Gasteiger partial charge in [0.1, 0.15) is 12.0 Å². The van der Waals surface area contributed by atoms with Crippen LogP contribution in [0.2, 0.25) is 0 Å². The molecule has 0 radical (unpaired) electrons. The second kappa shape index (κ2) is 5.08. The molecule has 1 aromatic carbocycles. The van der Waals surface area contributed by atoms with Crippen molar-refractivity contribution in [3.8, 4) is 5.75 Å². The zero-order chi connectivity index (χ0) is 15.0.